The lowest BCUT2D eigenvalue weighted by Gasteiger charge is -2.28. The van der Waals surface area contributed by atoms with Gasteiger partial charge in [0.25, 0.3) is 0 Å². The molecule has 0 saturated heterocycles. The Morgan fingerprint density at radius 2 is 1.10 bits per heavy atom. The lowest BCUT2D eigenvalue weighted by molar-refractivity contribution is 0.651. The van der Waals surface area contributed by atoms with Gasteiger partial charge in [0.05, 0.1) is 11.0 Å². The molecule has 0 amide bonds. The van der Waals surface area contributed by atoms with E-state index in [0.29, 0.717) is 5.92 Å². The second-order valence-corrected chi connectivity index (χ2v) is 20.7. The Morgan fingerprint density at radius 1 is 0.522 bits per heavy atom. The first-order valence-electron chi connectivity index (χ1n) is 25.1. The van der Waals surface area contributed by atoms with Crippen LogP contribution in [0.5, 0.6) is 0 Å². The number of unbranched alkanes of at least 4 members (excludes halogenated alkanes) is 1. The molecular formula is C66H67N. The third-order valence-electron chi connectivity index (χ3n) is 15.7. The fraction of sp³-hybridized carbons (Fsp3) is 0.273. The molecule has 1 saturated carbocycles. The summed E-state index contributed by atoms with van der Waals surface area (Å²) in [7, 11) is 0. The van der Waals surface area contributed by atoms with E-state index in [1.165, 1.54) is 137 Å². The topological polar surface area (TPSA) is 4.93 Å². The average molecular weight is 874 g/mol. The summed E-state index contributed by atoms with van der Waals surface area (Å²) < 4.78 is 2.48. The van der Waals surface area contributed by atoms with Gasteiger partial charge in [0, 0.05) is 33.2 Å². The average Bonchev–Trinajstić information content (AvgIpc) is 3.86. The van der Waals surface area contributed by atoms with Gasteiger partial charge in [-0.2, -0.15) is 0 Å². The number of rotatable bonds is 5. The molecule has 1 fully saturated rings. The van der Waals surface area contributed by atoms with Crippen LogP contribution in [0, 0.1) is 19.8 Å². The maximum absolute atomic E-state index is 2.48. The molecule has 0 spiro atoms. The van der Waals surface area contributed by atoms with Crippen LogP contribution in [0.4, 0.5) is 0 Å². The van der Waals surface area contributed by atoms with E-state index in [4.69, 9.17) is 0 Å². The van der Waals surface area contributed by atoms with Gasteiger partial charge in [0.1, 0.15) is 0 Å². The van der Waals surface area contributed by atoms with Crippen molar-refractivity contribution in [1.82, 2.24) is 4.57 Å². The summed E-state index contributed by atoms with van der Waals surface area (Å²) in [4.78, 5) is 0. The number of fused-ring (bicyclic) bond motifs is 9. The van der Waals surface area contributed by atoms with Crippen LogP contribution in [-0.2, 0) is 10.8 Å². The minimum absolute atomic E-state index is 0.0184. The van der Waals surface area contributed by atoms with Gasteiger partial charge in [-0.1, -0.05) is 193 Å². The zero-order valence-corrected chi connectivity index (χ0v) is 41.4. The van der Waals surface area contributed by atoms with Gasteiger partial charge in [-0.25, -0.2) is 0 Å². The van der Waals surface area contributed by atoms with Crippen molar-refractivity contribution in [3.05, 3.63) is 214 Å². The summed E-state index contributed by atoms with van der Waals surface area (Å²) >= 11 is 0. The molecule has 0 aliphatic heterocycles. The number of hydrogen-bond acceptors (Lipinski definition) is 0. The van der Waals surface area contributed by atoms with Crippen molar-refractivity contribution in [2.45, 2.75) is 112 Å². The lowest BCUT2D eigenvalue weighted by Crippen LogP contribution is -2.15. The standard InChI is InChI=1S/C39H35N.C23H22.C4H10/c1-25-15-17-27(18-16-25)38(26-9-8-10-26)28-19-21-29(22-20-28)40-36-14-7-5-12-31(36)33-23-32-30-11-4-6-13-34(30)39(2,3)35(32)24-37(33)40;1-15-9-5-6-10-17(15)19-14-20-18-11-7-8-12-21(18)23(3,4)22(20)13-16(19)2;1-3-4-2/h4-7,11-17,19-24,27H,8-10,18H2,1-3H3;5-14H,1-4H3;3-4H2,1-2H3. The number of hydrogen-bond donors (Lipinski definition) is 0. The highest BCUT2D eigenvalue weighted by molar-refractivity contribution is 6.11. The van der Waals surface area contributed by atoms with Gasteiger partial charge in [0.15, 0.2) is 0 Å². The minimum Gasteiger partial charge on any atom is -0.309 e. The van der Waals surface area contributed by atoms with Crippen LogP contribution in [0.15, 0.2) is 175 Å². The number of allylic oxidation sites excluding steroid dienone is 6. The minimum atomic E-state index is -0.0184. The lowest BCUT2D eigenvalue weighted by atomic mass is 9.77. The maximum atomic E-state index is 2.48. The van der Waals surface area contributed by atoms with Gasteiger partial charge < -0.3 is 4.57 Å². The van der Waals surface area contributed by atoms with Crippen LogP contribution in [0.3, 0.4) is 0 Å². The number of aryl methyl sites for hydroxylation is 2. The second kappa shape index (κ2) is 17.7. The molecule has 336 valence electrons. The Balaban J connectivity index is 0.000000164. The summed E-state index contributed by atoms with van der Waals surface area (Å²) in [5, 5.41) is 2.65. The van der Waals surface area contributed by atoms with Crippen molar-refractivity contribution >= 4 is 27.4 Å². The van der Waals surface area contributed by atoms with Crippen LogP contribution >= 0.6 is 0 Å². The van der Waals surface area contributed by atoms with E-state index in [2.05, 4.69) is 231 Å². The highest BCUT2D eigenvalue weighted by atomic mass is 15.0. The number of benzene rings is 7. The van der Waals surface area contributed by atoms with Crippen LogP contribution in [0.2, 0.25) is 0 Å². The SMILES string of the molecule is CC1=CCC(C(=C2CCC2)c2ccc(-n3c4ccccc4c4cc5c(cc43)C(C)(C)c3ccccc3-5)cc2)C=C1.CCCC.Cc1ccccc1-c1cc2c(cc1C)C(C)(C)c1ccccc1-2. The van der Waals surface area contributed by atoms with E-state index < -0.39 is 0 Å². The summed E-state index contributed by atoms with van der Waals surface area (Å²) in [5.41, 5.74) is 26.5. The number of para-hydroxylation sites is 1. The highest BCUT2D eigenvalue weighted by Gasteiger charge is 2.37. The second-order valence-electron chi connectivity index (χ2n) is 20.7. The van der Waals surface area contributed by atoms with Gasteiger partial charge in [-0.15, -0.1) is 0 Å². The quantitative estimate of drug-likeness (QED) is 0.162. The molecule has 67 heavy (non-hydrogen) atoms. The molecule has 0 N–H and O–H groups in total. The predicted molar refractivity (Wildman–Crippen MR) is 290 cm³/mol. The third kappa shape index (κ3) is 7.65. The van der Waals surface area contributed by atoms with Gasteiger partial charge in [-0.05, 0) is 161 Å². The molecule has 1 heteroatoms. The fourth-order valence-electron chi connectivity index (χ4n) is 11.5. The van der Waals surface area contributed by atoms with Crippen LogP contribution < -0.4 is 0 Å². The van der Waals surface area contributed by atoms with Crippen LogP contribution in [0.25, 0.3) is 66.4 Å². The highest BCUT2D eigenvalue weighted by Crippen LogP contribution is 2.52. The van der Waals surface area contributed by atoms with Crippen LogP contribution in [0.1, 0.15) is 126 Å². The first-order valence-corrected chi connectivity index (χ1v) is 25.1. The van der Waals surface area contributed by atoms with Crippen molar-refractivity contribution in [1.29, 1.82) is 0 Å². The molecule has 7 aromatic carbocycles. The normalized spacial score (nSPS) is 16.7. The Hall–Kier alpha value is -6.44. The Labute approximate surface area is 400 Å². The molecule has 1 unspecified atom stereocenters. The molecule has 1 heterocycles. The number of aromatic nitrogens is 1. The van der Waals surface area contributed by atoms with Gasteiger partial charge >= 0.3 is 0 Å². The number of nitrogens with zero attached hydrogens (tertiary/aromatic N) is 1. The van der Waals surface area contributed by atoms with Gasteiger partial charge in [0.2, 0.25) is 0 Å². The Kier molecular flexibility index (Phi) is 11.7. The molecular weight excluding hydrogens is 807 g/mol. The smallest absolute Gasteiger partial charge is 0.0544 e. The molecule has 4 aliphatic rings. The molecule has 1 atom stereocenters. The fourth-order valence-corrected chi connectivity index (χ4v) is 11.5. The molecule has 8 aromatic rings. The van der Waals surface area contributed by atoms with E-state index in [1.807, 2.05) is 0 Å². The molecule has 0 radical (unpaired) electrons. The van der Waals surface area contributed by atoms with Crippen molar-refractivity contribution in [3.8, 4) is 39.1 Å². The zero-order valence-electron chi connectivity index (χ0n) is 41.4. The van der Waals surface area contributed by atoms with Crippen molar-refractivity contribution < 1.29 is 0 Å². The largest absolute Gasteiger partial charge is 0.309 e. The van der Waals surface area contributed by atoms with E-state index in [1.54, 1.807) is 11.1 Å². The monoisotopic (exact) mass is 874 g/mol. The molecule has 4 aliphatic carbocycles. The third-order valence-corrected chi connectivity index (χ3v) is 15.7. The first kappa shape index (κ1) is 44.4. The van der Waals surface area contributed by atoms with E-state index in [9.17, 15) is 0 Å². The zero-order chi connectivity index (χ0) is 46.6. The first-order chi connectivity index (χ1) is 32.4. The summed E-state index contributed by atoms with van der Waals surface area (Å²) in [6.07, 6.45) is 14.7. The van der Waals surface area contributed by atoms with Crippen LogP contribution in [-0.4, -0.2) is 4.57 Å². The predicted octanol–water partition coefficient (Wildman–Crippen LogP) is 18.6. The summed E-state index contributed by atoms with van der Waals surface area (Å²) in [5.74, 6) is 0.490. The molecule has 1 aromatic heterocycles. The van der Waals surface area contributed by atoms with E-state index in [0.717, 1.165) is 6.42 Å². The Morgan fingerprint density at radius 3 is 1.70 bits per heavy atom. The maximum Gasteiger partial charge on any atom is 0.0544 e. The van der Waals surface area contributed by atoms with Crippen molar-refractivity contribution in [2.75, 3.05) is 0 Å². The van der Waals surface area contributed by atoms with Crippen molar-refractivity contribution in [3.63, 3.8) is 0 Å². The molecule has 1 nitrogen and oxygen atoms in total. The molecule has 0 bridgehead atoms. The van der Waals surface area contributed by atoms with Gasteiger partial charge in [-0.3, -0.25) is 0 Å². The van der Waals surface area contributed by atoms with Crippen molar-refractivity contribution in [2.24, 2.45) is 5.92 Å². The summed E-state index contributed by atoms with van der Waals surface area (Å²) in [6.45, 7) is 20.4. The van der Waals surface area contributed by atoms with E-state index >= 15 is 0 Å². The Bertz CT molecular complexity index is 3270. The summed E-state index contributed by atoms with van der Waals surface area (Å²) in [6, 6.07) is 54.5. The molecule has 12 rings (SSSR count). The van der Waals surface area contributed by atoms with E-state index in [-0.39, 0.29) is 10.8 Å².